The molecule has 3 heterocycles. The average Bonchev–Trinajstić information content (AvgIpc) is 2.62. The molecule has 1 fully saturated rings. The lowest BCUT2D eigenvalue weighted by Gasteiger charge is -2.26. The molecule has 1 aromatic carbocycles. The van der Waals surface area contributed by atoms with Crippen molar-refractivity contribution in [3.8, 4) is 11.1 Å². The summed E-state index contributed by atoms with van der Waals surface area (Å²) in [6.45, 7) is 3.39. The summed E-state index contributed by atoms with van der Waals surface area (Å²) in [5.74, 6) is 0.552. The maximum absolute atomic E-state index is 5.81. The van der Waals surface area contributed by atoms with Crippen molar-refractivity contribution in [2.75, 3.05) is 18.8 Å². The first kappa shape index (κ1) is 15.1. The molecule has 122 valence electrons. The number of benzene rings is 1. The van der Waals surface area contributed by atoms with Gasteiger partial charge in [-0.3, -0.25) is 9.88 Å². The van der Waals surface area contributed by atoms with Crippen LogP contribution in [-0.4, -0.2) is 28.0 Å². The van der Waals surface area contributed by atoms with E-state index in [0.717, 1.165) is 22.9 Å². The second kappa shape index (κ2) is 6.57. The number of nitrogens with two attached hydrogens (primary N) is 1. The van der Waals surface area contributed by atoms with Crippen LogP contribution in [0.15, 0.2) is 48.9 Å². The van der Waals surface area contributed by atoms with E-state index in [-0.39, 0.29) is 0 Å². The van der Waals surface area contributed by atoms with Crippen LogP contribution in [0.2, 0.25) is 0 Å². The third-order valence-electron chi connectivity index (χ3n) is 4.73. The van der Waals surface area contributed by atoms with Gasteiger partial charge in [0, 0.05) is 36.1 Å². The smallest absolute Gasteiger partial charge is 0.123 e. The molecule has 0 spiro atoms. The van der Waals surface area contributed by atoms with Gasteiger partial charge in [-0.25, -0.2) is 4.98 Å². The highest BCUT2D eigenvalue weighted by atomic mass is 15.1. The van der Waals surface area contributed by atoms with Gasteiger partial charge in [0.15, 0.2) is 0 Å². The van der Waals surface area contributed by atoms with Gasteiger partial charge in [-0.15, -0.1) is 0 Å². The lowest BCUT2D eigenvalue weighted by atomic mass is 10.0. The highest BCUT2D eigenvalue weighted by Gasteiger charge is 2.11. The zero-order chi connectivity index (χ0) is 16.4. The molecule has 0 radical (unpaired) electrons. The molecule has 4 rings (SSSR count). The number of hydrogen-bond acceptors (Lipinski definition) is 4. The predicted molar refractivity (Wildman–Crippen MR) is 98.5 cm³/mol. The largest absolute Gasteiger partial charge is 0.384 e. The first-order valence-electron chi connectivity index (χ1n) is 8.60. The van der Waals surface area contributed by atoms with Gasteiger partial charge in [0.25, 0.3) is 0 Å². The Morgan fingerprint density at radius 3 is 2.62 bits per heavy atom. The van der Waals surface area contributed by atoms with Gasteiger partial charge in [0.2, 0.25) is 0 Å². The number of nitrogen functional groups attached to an aromatic ring is 1. The van der Waals surface area contributed by atoms with Gasteiger partial charge in [0.1, 0.15) is 5.82 Å². The van der Waals surface area contributed by atoms with E-state index in [1.54, 1.807) is 0 Å². The van der Waals surface area contributed by atoms with Gasteiger partial charge >= 0.3 is 0 Å². The van der Waals surface area contributed by atoms with E-state index in [1.807, 2.05) is 24.7 Å². The van der Waals surface area contributed by atoms with Crippen LogP contribution in [0.5, 0.6) is 0 Å². The number of likely N-dealkylation sites (tertiary alicyclic amines) is 1. The number of anilines is 1. The Morgan fingerprint density at radius 1 is 0.875 bits per heavy atom. The van der Waals surface area contributed by atoms with Crippen molar-refractivity contribution in [1.82, 2.24) is 14.9 Å². The number of fused-ring (bicyclic) bond motifs is 1. The zero-order valence-corrected chi connectivity index (χ0v) is 13.8. The molecule has 1 aliphatic rings. The van der Waals surface area contributed by atoms with Crippen molar-refractivity contribution in [2.45, 2.75) is 25.8 Å². The number of aromatic nitrogens is 2. The summed E-state index contributed by atoms with van der Waals surface area (Å²) in [6.07, 6.45) is 9.73. The fourth-order valence-electron chi connectivity index (χ4n) is 3.45. The van der Waals surface area contributed by atoms with E-state index < -0.39 is 0 Å². The van der Waals surface area contributed by atoms with Crippen LogP contribution < -0.4 is 5.73 Å². The maximum Gasteiger partial charge on any atom is 0.123 e. The summed E-state index contributed by atoms with van der Waals surface area (Å²) < 4.78 is 0. The van der Waals surface area contributed by atoms with E-state index in [1.165, 1.54) is 43.5 Å². The number of rotatable bonds is 3. The van der Waals surface area contributed by atoms with E-state index in [0.29, 0.717) is 5.82 Å². The molecule has 0 unspecified atom stereocenters. The van der Waals surface area contributed by atoms with Crippen LogP contribution in [-0.2, 0) is 6.54 Å². The number of pyridine rings is 2. The molecule has 1 aliphatic heterocycles. The highest BCUT2D eigenvalue weighted by Crippen LogP contribution is 2.25. The molecule has 3 aromatic rings. The van der Waals surface area contributed by atoms with E-state index in [4.69, 9.17) is 5.73 Å². The second-order valence-electron chi connectivity index (χ2n) is 6.59. The molecule has 0 amide bonds. The summed E-state index contributed by atoms with van der Waals surface area (Å²) in [6, 6.07) is 10.6. The van der Waals surface area contributed by atoms with E-state index in [2.05, 4.69) is 39.1 Å². The first-order chi connectivity index (χ1) is 11.8. The molecule has 0 bridgehead atoms. The molecular formula is C20H22N4. The minimum atomic E-state index is 0.552. The van der Waals surface area contributed by atoms with Crippen molar-refractivity contribution < 1.29 is 0 Å². The Kier molecular flexibility index (Phi) is 4.13. The molecule has 4 heteroatoms. The molecule has 2 N–H and O–H groups in total. The number of nitrogens with zero attached hydrogens (tertiary/aromatic N) is 3. The Morgan fingerprint density at radius 2 is 1.75 bits per heavy atom. The third kappa shape index (κ3) is 3.24. The summed E-state index contributed by atoms with van der Waals surface area (Å²) in [5, 5.41) is 2.21. The topological polar surface area (TPSA) is 55.0 Å². The van der Waals surface area contributed by atoms with Gasteiger partial charge in [0.05, 0.1) is 0 Å². The number of piperidine rings is 1. The molecular weight excluding hydrogens is 296 g/mol. The lowest BCUT2D eigenvalue weighted by molar-refractivity contribution is 0.220. The maximum atomic E-state index is 5.81. The summed E-state index contributed by atoms with van der Waals surface area (Å²) in [4.78, 5) is 11.1. The van der Waals surface area contributed by atoms with Crippen molar-refractivity contribution in [3.05, 3.63) is 54.5 Å². The standard InChI is InChI=1S/C20H22N4/c21-20-10-18-9-16(4-5-17(18)13-23-20)19-8-15(11-22-12-19)14-24-6-2-1-3-7-24/h4-5,8-13H,1-3,6-7,14H2,(H2,21,23). The van der Waals surface area contributed by atoms with Crippen LogP contribution in [0.3, 0.4) is 0 Å². The number of hydrogen-bond donors (Lipinski definition) is 1. The molecule has 0 aliphatic carbocycles. The van der Waals surface area contributed by atoms with Gasteiger partial charge in [-0.05, 0) is 60.6 Å². The summed E-state index contributed by atoms with van der Waals surface area (Å²) >= 11 is 0. The van der Waals surface area contributed by atoms with Gasteiger partial charge in [-0.2, -0.15) is 0 Å². The van der Waals surface area contributed by atoms with Crippen molar-refractivity contribution in [2.24, 2.45) is 0 Å². The zero-order valence-electron chi connectivity index (χ0n) is 13.8. The van der Waals surface area contributed by atoms with E-state index in [9.17, 15) is 0 Å². The summed E-state index contributed by atoms with van der Waals surface area (Å²) in [5.41, 5.74) is 9.42. The van der Waals surface area contributed by atoms with Crippen molar-refractivity contribution in [1.29, 1.82) is 0 Å². The minimum Gasteiger partial charge on any atom is -0.384 e. The normalized spacial score (nSPS) is 15.7. The molecule has 24 heavy (non-hydrogen) atoms. The van der Waals surface area contributed by atoms with Crippen molar-refractivity contribution in [3.63, 3.8) is 0 Å². The Labute approximate surface area is 142 Å². The quantitative estimate of drug-likeness (QED) is 0.796. The lowest BCUT2D eigenvalue weighted by Crippen LogP contribution is -2.29. The van der Waals surface area contributed by atoms with Crippen LogP contribution in [0.25, 0.3) is 21.9 Å². The van der Waals surface area contributed by atoms with E-state index >= 15 is 0 Å². The molecule has 0 atom stereocenters. The molecule has 4 nitrogen and oxygen atoms in total. The van der Waals surface area contributed by atoms with Crippen molar-refractivity contribution >= 4 is 16.6 Å². The van der Waals surface area contributed by atoms with Crippen LogP contribution in [0.1, 0.15) is 24.8 Å². The highest BCUT2D eigenvalue weighted by molar-refractivity contribution is 5.88. The molecule has 1 saturated heterocycles. The van der Waals surface area contributed by atoms with Gasteiger partial charge < -0.3 is 5.73 Å². The SMILES string of the molecule is Nc1cc2cc(-c3cncc(CN4CCCCC4)c3)ccc2cn1. The fraction of sp³-hybridized carbons (Fsp3) is 0.300. The van der Waals surface area contributed by atoms with Crippen LogP contribution in [0.4, 0.5) is 5.82 Å². The first-order valence-corrected chi connectivity index (χ1v) is 8.60. The van der Waals surface area contributed by atoms with Gasteiger partial charge in [-0.1, -0.05) is 18.6 Å². The Balaban J connectivity index is 1.62. The molecule has 2 aromatic heterocycles. The fourth-order valence-corrected chi connectivity index (χ4v) is 3.45. The summed E-state index contributed by atoms with van der Waals surface area (Å²) in [7, 11) is 0. The average molecular weight is 318 g/mol. The molecule has 0 saturated carbocycles. The van der Waals surface area contributed by atoms with Crippen LogP contribution >= 0.6 is 0 Å². The monoisotopic (exact) mass is 318 g/mol. The second-order valence-corrected chi connectivity index (χ2v) is 6.59. The van der Waals surface area contributed by atoms with Crippen LogP contribution in [0, 0.1) is 0 Å². The Bertz CT molecular complexity index is 853. The predicted octanol–water partition coefficient (Wildman–Crippen LogP) is 3.86. The minimum absolute atomic E-state index is 0.552. The third-order valence-corrected chi connectivity index (χ3v) is 4.73. The Hall–Kier alpha value is -2.46.